The molecule has 1 heterocycles. The van der Waals surface area contributed by atoms with E-state index in [0.717, 1.165) is 6.42 Å². The van der Waals surface area contributed by atoms with E-state index in [1.54, 1.807) is 0 Å². The molecule has 15 heavy (non-hydrogen) atoms. The first-order valence-corrected chi connectivity index (χ1v) is 5.77. The van der Waals surface area contributed by atoms with Crippen molar-refractivity contribution in [2.45, 2.75) is 65.1 Å². The number of hydrogen-bond donors (Lipinski definition) is 0. The van der Waals surface area contributed by atoms with Gasteiger partial charge >= 0.3 is 0 Å². The Balaban J connectivity index is 2.67. The van der Waals surface area contributed by atoms with Gasteiger partial charge in [0.15, 0.2) is 0 Å². The third-order valence-electron chi connectivity index (χ3n) is 3.45. The highest BCUT2D eigenvalue weighted by Crippen LogP contribution is 2.43. The molecule has 0 saturated carbocycles. The van der Waals surface area contributed by atoms with Crippen LogP contribution in [0.15, 0.2) is 0 Å². The van der Waals surface area contributed by atoms with Gasteiger partial charge in [-0.3, -0.25) is 0 Å². The fraction of sp³-hybridized carbons (Fsp3) is 1.00. The Kier molecular flexibility index (Phi) is 3.49. The highest BCUT2D eigenvalue weighted by Gasteiger charge is 2.52. The van der Waals surface area contributed by atoms with Gasteiger partial charge in [-0.15, -0.1) is 10.3 Å². The Morgan fingerprint density at radius 1 is 1.33 bits per heavy atom. The highest BCUT2D eigenvalue weighted by atomic mass is 16.5. The summed E-state index contributed by atoms with van der Waals surface area (Å²) in [6.07, 6.45) is 1.15. The first-order valence-electron chi connectivity index (χ1n) is 5.77. The van der Waals surface area contributed by atoms with Crippen molar-refractivity contribution in [2.75, 3.05) is 6.61 Å². The molecule has 3 nitrogen and oxygen atoms in total. The Bertz CT molecular complexity index is 224. The van der Waals surface area contributed by atoms with Gasteiger partial charge in [-0.2, -0.15) is 0 Å². The maximum Gasteiger partial charge on any atom is 0.0519 e. The van der Waals surface area contributed by atoms with Crippen molar-refractivity contribution < 1.29 is 9.94 Å². The average molecular weight is 214 g/mol. The Morgan fingerprint density at radius 2 is 1.87 bits per heavy atom. The van der Waals surface area contributed by atoms with E-state index >= 15 is 0 Å². The lowest BCUT2D eigenvalue weighted by molar-refractivity contribution is -0.249. The van der Waals surface area contributed by atoms with E-state index in [1.807, 2.05) is 41.5 Å². The summed E-state index contributed by atoms with van der Waals surface area (Å²) in [6, 6.07) is 0. The SMILES string of the molecule is CC(C)OCC1CC(C)(C)N([O])C1(C)C. The lowest BCUT2D eigenvalue weighted by atomic mass is 9.88. The largest absolute Gasteiger partial charge is 0.378 e. The topological polar surface area (TPSA) is 32.4 Å². The van der Waals surface area contributed by atoms with Crippen molar-refractivity contribution in [1.82, 2.24) is 5.06 Å². The molecular formula is C12H24NO2. The summed E-state index contributed by atoms with van der Waals surface area (Å²) in [4.78, 5) is 0. The Morgan fingerprint density at radius 3 is 2.20 bits per heavy atom. The second kappa shape index (κ2) is 4.04. The number of rotatable bonds is 3. The molecule has 1 aliphatic heterocycles. The van der Waals surface area contributed by atoms with Crippen LogP contribution in [-0.4, -0.2) is 28.9 Å². The molecule has 1 atom stereocenters. The third-order valence-corrected chi connectivity index (χ3v) is 3.45. The molecular weight excluding hydrogens is 190 g/mol. The van der Waals surface area contributed by atoms with Crippen molar-refractivity contribution in [3.8, 4) is 0 Å². The molecule has 1 saturated heterocycles. The average Bonchev–Trinajstić information content (AvgIpc) is 2.23. The Labute approximate surface area is 93.4 Å². The van der Waals surface area contributed by atoms with Gasteiger partial charge in [0.1, 0.15) is 0 Å². The second-order valence-electron chi connectivity index (χ2n) is 6.04. The van der Waals surface area contributed by atoms with E-state index in [-0.39, 0.29) is 17.2 Å². The maximum atomic E-state index is 12.1. The van der Waals surface area contributed by atoms with Crippen LogP contribution >= 0.6 is 0 Å². The monoisotopic (exact) mass is 214 g/mol. The van der Waals surface area contributed by atoms with Gasteiger partial charge in [-0.05, 0) is 48.0 Å². The van der Waals surface area contributed by atoms with Crippen molar-refractivity contribution in [3.63, 3.8) is 0 Å². The zero-order valence-corrected chi connectivity index (χ0v) is 10.8. The predicted molar refractivity (Wildman–Crippen MR) is 59.9 cm³/mol. The molecule has 1 aliphatic rings. The van der Waals surface area contributed by atoms with Crippen molar-refractivity contribution in [3.05, 3.63) is 0 Å². The van der Waals surface area contributed by atoms with Crippen LogP contribution in [0.1, 0.15) is 48.0 Å². The molecule has 0 aromatic carbocycles. The molecule has 1 rings (SSSR count). The molecule has 1 unspecified atom stereocenters. The number of hydroxylamine groups is 2. The van der Waals surface area contributed by atoms with E-state index in [2.05, 4.69) is 0 Å². The standard InChI is InChI=1S/C12H24NO2/c1-9(2)15-8-10-7-11(3,4)13(14)12(10,5)6/h9-10H,7-8H2,1-6H3. The maximum absolute atomic E-state index is 12.1. The molecule has 0 N–H and O–H groups in total. The molecule has 0 aromatic heterocycles. The number of hydrogen-bond acceptors (Lipinski definition) is 2. The Hall–Kier alpha value is -0.120. The zero-order chi connectivity index (χ0) is 11.9. The number of nitrogens with zero attached hydrogens (tertiary/aromatic N) is 1. The quantitative estimate of drug-likeness (QED) is 0.723. The summed E-state index contributed by atoms with van der Waals surface area (Å²) in [5, 5.41) is 13.3. The van der Waals surface area contributed by atoms with E-state index in [9.17, 15) is 5.21 Å². The second-order valence-corrected chi connectivity index (χ2v) is 6.04. The van der Waals surface area contributed by atoms with Crippen LogP contribution < -0.4 is 0 Å². The molecule has 89 valence electrons. The molecule has 0 bridgehead atoms. The van der Waals surface area contributed by atoms with E-state index in [0.29, 0.717) is 12.5 Å². The smallest absolute Gasteiger partial charge is 0.0519 e. The fourth-order valence-electron chi connectivity index (χ4n) is 2.45. The lowest BCUT2D eigenvalue weighted by Gasteiger charge is -2.33. The molecule has 1 fully saturated rings. The minimum Gasteiger partial charge on any atom is -0.378 e. The summed E-state index contributed by atoms with van der Waals surface area (Å²) in [6.45, 7) is 12.8. The van der Waals surface area contributed by atoms with Gasteiger partial charge in [0.25, 0.3) is 0 Å². The number of ether oxygens (including phenoxy) is 1. The van der Waals surface area contributed by atoms with Crippen LogP contribution in [0.4, 0.5) is 0 Å². The van der Waals surface area contributed by atoms with Gasteiger partial charge in [0, 0.05) is 17.0 Å². The molecule has 0 spiro atoms. The van der Waals surface area contributed by atoms with Crippen LogP contribution in [0.2, 0.25) is 0 Å². The zero-order valence-electron chi connectivity index (χ0n) is 10.8. The summed E-state index contributed by atoms with van der Waals surface area (Å²) in [7, 11) is 0. The van der Waals surface area contributed by atoms with Crippen molar-refractivity contribution in [2.24, 2.45) is 5.92 Å². The predicted octanol–water partition coefficient (Wildman–Crippen LogP) is 2.64. The van der Waals surface area contributed by atoms with Gasteiger partial charge in [0.2, 0.25) is 0 Å². The third kappa shape index (κ3) is 2.52. The summed E-state index contributed by atoms with van der Waals surface area (Å²) >= 11 is 0. The van der Waals surface area contributed by atoms with Crippen LogP contribution in [-0.2, 0) is 9.94 Å². The van der Waals surface area contributed by atoms with Gasteiger partial charge < -0.3 is 4.74 Å². The summed E-state index contributed by atoms with van der Waals surface area (Å²) in [5.74, 6) is 0.326. The van der Waals surface area contributed by atoms with Crippen molar-refractivity contribution in [1.29, 1.82) is 0 Å². The summed E-state index contributed by atoms with van der Waals surface area (Å²) < 4.78 is 5.64. The van der Waals surface area contributed by atoms with Gasteiger partial charge in [-0.1, -0.05) is 0 Å². The first kappa shape index (κ1) is 12.9. The fourth-order valence-corrected chi connectivity index (χ4v) is 2.45. The molecule has 3 heteroatoms. The molecule has 0 aromatic rings. The van der Waals surface area contributed by atoms with Gasteiger partial charge in [0.05, 0.1) is 12.7 Å². The minimum atomic E-state index is -0.307. The van der Waals surface area contributed by atoms with Gasteiger partial charge in [-0.25, -0.2) is 0 Å². The highest BCUT2D eigenvalue weighted by molar-refractivity contribution is 5.01. The first-order chi connectivity index (χ1) is 6.68. The van der Waals surface area contributed by atoms with Crippen LogP contribution in [0.5, 0.6) is 0 Å². The molecule has 0 aliphatic carbocycles. The minimum absolute atomic E-state index is 0.240. The van der Waals surface area contributed by atoms with Crippen LogP contribution in [0, 0.1) is 5.92 Å². The molecule has 1 radical (unpaired) electrons. The lowest BCUT2D eigenvalue weighted by Crippen LogP contribution is -2.46. The van der Waals surface area contributed by atoms with E-state index in [1.165, 1.54) is 5.06 Å². The van der Waals surface area contributed by atoms with Crippen LogP contribution in [0.25, 0.3) is 0 Å². The normalized spacial score (nSPS) is 30.0. The van der Waals surface area contributed by atoms with Crippen LogP contribution in [0.3, 0.4) is 0 Å². The van der Waals surface area contributed by atoms with E-state index in [4.69, 9.17) is 4.74 Å². The van der Waals surface area contributed by atoms with Crippen molar-refractivity contribution >= 4 is 0 Å². The summed E-state index contributed by atoms with van der Waals surface area (Å²) in [5.41, 5.74) is -0.563. The molecule has 0 amide bonds. The van der Waals surface area contributed by atoms with E-state index < -0.39 is 0 Å².